The number of aliphatic imine (C=N–C) groups is 1. The molecule has 0 aromatic carbocycles. The van der Waals surface area contributed by atoms with Crippen LogP contribution in [0.5, 0.6) is 0 Å². The van der Waals surface area contributed by atoms with Crippen LogP contribution in [0.3, 0.4) is 0 Å². The van der Waals surface area contributed by atoms with E-state index >= 15 is 0 Å². The van der Waals surface area contributed by atoms with Gasteiger partial charge in [-0.3, -0.25) is 4.99 Å². The van der Waals surface area contributed by atoms with E-state index in [-0.39, 0.29) is 5.41 Å². The molecule has 16 heavy (non-hydrogen) atoms. The second-order valence-electron chi connectivity index (χ2n) is 5.90. The third kappa shape index (κ3) is 3.69. The number of hydrogen-bond donors (Lipinski definition) is 1. The van der Waals surface area contributed by atoms with E-state index in [1.165, 1.54) is 32.1 Å². The summed E-state index contributed by atoms with van der Waals surface area (Å²) < 4.78 is 0.369. The first-order valence-corrected chi connectivity index (χ1v) is 7.48. The third-order valence-electron chi connectivity index (χ3n) is 3.50. The molecule has 0 aromatic heterocycles. The standard InChI is InChI=1S/C13H26N2S/c1-12(2,3)11(14)15-10-13(16-4)8-6-5-7-9-13/h5-10H2,1-4H3,(H2,14,15). The van der Waals surface area contributed by atoms with E-state index in [0.29, 0.717) is 4.75 Å². The van der Waals surface area contributed by atoms with E-state index in [1.54, 1.807) is 0 Å². The van der Waals surface area contributed by atoms with Gasteiger partial charge in [-0.05, 0) is 19.1 Å². The lowest BCUT2D eigenvalue weighted by atomic mass is 9.88. The van der Waals surface area contributed by atoms with E-state index in [4.69, 9.17) is 5.73 Å². The van der Waals surface area contributed by atoms with Crippen LogP contribution in [0.2, 0.25) is 0 Å². The molecule has 1 rings (SSSR count). The monoisotopic (exact) mass is 242 g/mol. The van der Waals surface area contributed by atoms with Gasteiger partial charge in [0.15, 0.2) is 0 Å². The summed E-state index contributed by atoms with van der Waals surface area (Å²) in [7, 11) is 0. The van der Waals surface area contributed by atoms with Crippen molar-refractivity contribution in [2.75, 3.05) is 12.8 Å². The molecule has 0 saturated heterocycles. The van der Waals surface area contributed by atoms with E-state index in [2.05, 4.69) is 32.0 Å². The van der Waals surface area contributed by atoms with Gasteiger partial charge in [-0.1, -0.05) is 40.0 Å². The van der Waals surface area contributed by atoms with Gasteiger partial charge in [-0.15, -0.1) is 0 Å². The molecule has 0 radical (unpaired) electrons. The van der Waals surface area contributed by atoms with Crippen molar-refractivity contribution >= 4 is 17.6 Å². The van der Waals surface area contributed by atoms with Crippen LogP contribution in [-0.2, 0) is 0 Å². The van der Waals surface area contributed by atoms with Crippen LogP contribution in [0.25, 0.3) is 0 Å². The predicted octanol–water partition coefficient (Wildman–Crippen LogP) is 3.46. The fourth-order valence-electron chi connectivity index (χ4n) is 2.09. The van der Waals surface area contributed by atoms with Gasteiger partial charge in [-0.2, -0.15) is 11.8 Å². The molecule has 0 bridgehead atoms. The average Bonchev–Trinajstić information content (AvgIpc) is 2.26. The Morgan fingerprint density at radius 3 is 2.25 bits per heavy atom. The maximum Gasteiger partial charge on any atom is 0.0991 e. The second-order valence-corrected chi connectivity index (χ2v) is 7.17. The Labute approximate surface area is 104 Å². The Bertz CT molecular complexity index is 247. The molecule has 0 aliphatic heterocycles. The fraction of sp³-hybridized carbons (Fsp3) is 0.923. The summed E-state index contributed by atoms with van der Waals surface area (Å²) in [5.41, 5.74) is 6.03. The minimum Gasteiger partial charge on any atom is -0.387 e. The molecule has 0 amide bonds. The van der Waals surface area contributed by atoms with Gasteiger partial charge in [0.25, 0.3) is 0 Å². The summed E-state index contributed by atoms with van der Waals surface area (Å²) in [5.74, 6) is 0.798. The first kappa shape index (κ1) is 13.9. The fourth-order valence-corrected chi connectivity index (χ4v) is 2.98. The van der Waals surface area contributed by atoms with Crippen molar-refractivity contribution in [2.24, 2.45) is 16.1 Å². The Morgan fingerprint density at radius 1 is 1.25 bits per heavy atom. The van der Waals surface area contributed by atoms with Gasteiger partial charge in [0.05, 0.1) is 12.4 Å². The topological polar surface area (TPSA) is 38.4 Å². The molecule has 2 nitrogen and oxygen atoms in total. The van der Waals surface area contributed by atoms with Crippen LogP contribution in [-0.4, -0.2) is 23.4 Å². The molecule has 1 fully saturated rings. The minimum absolute atomic E-state index is 0.00820. The SMILES string of the molecule is CSC1(CN=C(N)C(C)(C)C)CCCCC1. The van der Waals surface area contributed by atoms with Crippen LogP contribution < -0.4 is 5.73 Å². The molecule has 1 aliphatic carbocycles. The largest absolute Gasteiger partial charge is 0.387 e. The van der Waals surface area contributed by atoms with Crippen molar-refractivity contribution in [1.29, 1.82) is 0 Å². The minimum atomic E-state index is 0.00820. The molecule has 0 spiro atoms. The molecule has 0 aromatic rings. The third-order valence-corrected chi connectivity index (χ3v) is 4.91. The van der Waals surface area contributed by atoms with E-state index in [9.17, 15) is 0 Å². The smallest absolute Gasteiger partial charge is 0.0991 e. The van der Waals surface area contributed by atoms with Crippen molar-refractivity contribution in [3.8, 4) is 0 Å². The van der Waals surface area contributed by atoms with Crippen molar-refractivity contribution in [3.05, 3.63) is 0 Å². The van der Waals surface area contributed by atoms with Crippen LogP contribution in [0.4, 0.5) is 0 Å². The van der Waals surface area contributed by atoms with Crippen LogP contribution in [0.1, 0.15) is 52.9 Å². The Hall–Kier alpha value is -0.180. The highest BCUT2D eigenvalue weighted by molar-refractivity contribution is 8.00. The highest BCUT2D eigenvalue weighted by Gasteiger charge is 2.31. The quantitative estimate of drug-likeness (QED) is 0.608. The summed E-state index contributed by atoms with van der Waals surface area (Å²) in [4.78, 5) is 4.64. The van der Waals surface area contributed by atoms with E-state index in [1.807, 2.05) is 11.8 Å². The molecule has 1 saturated carbocycles. The lowest BCUT2D eigenvalue weighted by Gasteiger charge is -2.34. The molecule has 1 aliphatic rings. The van der Waals surface area contributed by atoms with Gasteiger partial charge in [-0.25, -0.2) is 0 Å². The number of nitrogens with two attached hydrogens (primary N) is 1. The summed E-state index contributed by atoms with van der Waals surface area (Å²) in [6, 6.07) is 0. The van der Waals surface area contributed by atoms with Gasteiger partial charge in [0, 0.05) is 10.2 Å². The van der Waals surface area contributed by atoms with E-state index in [0.717, 1.165) is 12.4 Å². The zero-order valence-corrected chi connectivity index (χ0v) is 12.0. The average molecular weight is 242 g/mol. The molecular formula is C13H26N2S. The Kier molecular flexibility index (Phi) is 4.72. The summed E-state index contributed by atoms with van der Waals surface area (Å²) in [5, 5.41) is 0. The van der Waals surface area contributed by atoms with Crippen molar-refractivity contribution in [3.63, 3.8) is 0 Å². The Morgan fingerprint density at radius 2 is 1.81 bits per heavy atom. The maximum absolute atomic E-state index is 6.02. The predicted molar refractivity (Wildman–Crippen MR) is 75.3 cm³/mol. The van der Waals surface area contributed by atoms with Gasteiger partial charge in [0.2, 0.25) is 0 Å². The maximum atomic E-state index is 6.02. The highest BCUT2D eigenvalue weighted by atomic mass is 32.2. The number of nitrogens with zero attached hydrogens (tertiary/aromatic N) is 1. The van der Waals surface area contributed by atoms with E-state index < -0.39 is 0 Å². The number of amidine groups is 1. The normalized spacial score (nSPS) is 22.1. The van der Waals surface area contributed by atoms with Crippen molar-refractivity contribution in [2.45, 2.75) is 57.6 Å². The van der Waals surface area contributed by atoms with Crippen LogP contribution in [0, 0.1) is 5.41 Å². The lowest BCUT2D eigenvalue weighted by molar-refractivity contribution is 0.403. The summed E-state index contributed by atoms with van der Waals surface area (Å²) in [6.07, 6.45) is 8.91. The molecule has 0 heterocycles. The highest BCUT2D eigenvalue weighted by Crippen LogP contribution is 2.38. The zero-order chi connectivity index (χ0) is 12.2. The number of hydrogen-bond acceptors (Lipinski definition) is 2. The van der Waals surface area contributed by atoms with Crippen molar-refractivity contribution in [1.82, 2.24) is 0 Å². The molecule has 94 valence electrons. The van der Waals surface area contributed by atoms with Crippen LogP contribution >= 0.6 is 11.8 Å². The summed E-state index contributed by atoms with van der Waals surface area (Å²) >= 11 is 1.98. The molecular weight excluding hydrogens is 216 g/mol. The lowest BCUT2D eigenvalue weighted by Crippen LogP contribution is -2.35. The first-order valence-electron chi connectivity index (χ1n) is 6.25. The molecule has 3 heteroatoms. The van der Waals surface area contributed by atoms with Crippen molar-refractivity contribution < 1.29 is 0 Å². The number of thioether (sulfide) groups is 1. The van der Waals surface area contributed by atoms with Crippen LogP contribution in [0.15, 0.2) is 4.99 Å². The zero-order valence-electron chi connectivity index (χ0n) is 11.2. The molecule has 0 atom stereocenters. The molecule has 0 unspecified atom stereocenters. The summed E-state index contributed by atoms with van der Waals surface area (Å²) in [6.45, 7) is 7.27. The first-order chi connectivity index (χ1) is 7.40. The second kappa shape index (κ2) is 5.44. The van der Waals surface area contributed by atoms with Gasteiger partial charge >= 0.3 is 0 Å². The van der Waals surface area contributed by atoms with Gasteiger partial charge in [0.1, 0.15) is 0 Å². The molecule has 2 N–H and O–H groups in total. The number of rotatable bonds is 3. The Balaban J connectivity index is 2.63. The van der Waals surface area contributed by atoms with Gasteiger partial charge < -0.3 is 5.73 Å².